The third-order valence-electron chi connectivity index (χ3n) is 3.14. The molecule has 0 spiro atoms. The molecular weight excluding hydrogens is 258 g/mol. The van der Waals surface area contributed by atoms with Crippen LogP contribution in [-0.4, -0.2) is 21.2 Å². The Morgan fingerprint density at radius 1 is 1.42 bits per heavy atom. The number of rotatable bonds is 3. The van der Waals surface area contributed by atoms with E-state index < -0.39 is 0 Å². The molecule has 1 aliphatic heterocycles. The maximum absolute atomic E-state index is 11.1. The Kier molecular flexibility index (Phi) is 3.29. The molecule has 1 aromatic carbocycles. The molecule has 0 fully saturated rings. The zero-order valence-electron chi connectivity index (χ0n) is 10.7. The van der Waals surface area contributed by atoms with E-state index in [9.17, 15) is 4.79 Å². The van der Waals surface area contributed by atoms with Crippen molar-refractivity contribution in [3.63, 3.8) is 0 Å². The predicted molar refractivity (Wildman–Crippen MR) is 75.9 cm³/mol. The molecule has 5 heteroatoms. The molecule has 0 radical (unpaired) electrons. The summed E-state index contributed by atoms with van der Waals surface area (Å²) in [5.74, 6) is 1.05. The van der Waals surface area contributed by atoms with Gasteiger partial charge in [0.15, 0.2) is 5.16 Å². The van der Waals surface area contributed by atoms with Gasteiger partial charge in [0.05, 0.1) is 17.9 Å². The molecule has 1 aromatic heterocycles. The summed E-state index contributed by atoms with van der Waals surface area (Å²) >= 11 is 1.77. The fourth-order valence-corrected chi connectivity index (χ4v) is 3.22. The van der Waals surface area contributed by atoms with Gasteiger partial charge in [0.25, 0.3) is 0 Å². The summed E-state index contributed by atoms with van der Waals surface area (Å²) in [5, 5.41) is 3.93. The van der Waals surface area contributed by atoms with Crippen LogP contribution in [0.1, 0.15) is 12.6 Å². The molecule has 0 saturated carbocycles. The summed E-state index contributed by atoms with van der Waals surface area (Å²) in [6.07, 6.45) is 0. The highest BCUT2D eigenvalue weighted by molar-refractivity contribution is 7.99. The minimum atomic E-state index is -0.0137. The van der Waals surface area contributed by atoms with Crippen LogP contribution < -0.4 is 5.32 Å². The highest BCUT2D eigenvalue weighted by atomic mass is 32.2. The fraction of sp³-hybridized carbons (Fsp3) is 0.286. The summed E-state index contributed by atoms with van der Waals surface area (Å²) in [6.45, 7) is 3.04. The molecule has 0 atom stereocenters. The van der Waals surface area contributed by atoms with Gasteiger partial charge in [-0.2, -0.15) is 0 Å². The lowest BCUT2D eigenvalue weighted by molar-refractivity contribution is -0.119. The van der Waals surface area contributed by atoms with Gasteiger partial charge in [-0.1, -0.05) is 42.1 Å². The molecule has 2 aromatic rings. The number of thioether (sulfide) groups is 1. The van der Waals surface area contributed by atoms with E-state index in [2.05, 4.69) is 22.0 Å². The van der Waals surface area contributed by atoms with Crippen molar-refractivity contribution in [3.8, 4) is 11.3 Å². The van der Waals surface area contributed by atoms with E-state index in [-0.39, 0.29) is 5.91 Å². The van der Waals surface area contributed by atoms with Gasteiger partial charge in [0.1, 0.15) is 0 Å². The maximum Gasteiger partial charge on any atom is 0.217 e. The summed E-state index contributed by atoms with van der Waals surface area (Å²) in [4.78, 5) is 15.9. The van der Waals surface area contributed by atoms with Gasteiger partial charge in [-0.25, -0.2) is 4.98 Å². The average molecular weight is 273 g/mol. The van der Waals surface area contributed by atoms with Crippen LogP contribution in [0.3, 0.4) is 0 Å². The number of amides is 1. The lowest BCUT2D eigenvalue weighted by atomic mass is 10.1. The largest absolute Gasteiger partial charge is 0.351 e. The van der Waals surface area contributed by atoms with Crippen LogP contribution in [0.4, 0.5) is 0 Å². The first-order valence-electron chi connectivity index (χ1n) is 6.28. The Morgan fingerprint density at radius 3 is 2.95 bits per heavy atom. The topological polar surface area (TPSA) is 46.9 Å². The Morgan fingerprint density at radius 2 is 2.21 bits per heavy atom. The minimum absolute atomic E-state index is 0.0137. The number of nitrogens with one attached hydrogen (secondary N) is 1. The van der Waals surface area contributed by atoms with Crippen LogP contribution in [0.15, 0.2) is 35.5 Å². The van der Waals surface area contributed by atoms with E-state index >= 15 is 0 Å². The molecule has 0 saturated heterocycles. The second-order valence-corrected chi connectivity index (χ2v) is 5.53. The number of aromatic nitrogens is 2. The molecule has 3 rings (SSSR count). The number of fused-ring (bicyclic) bond motifs is 1. The number of hydrogen-bond acceptors (Lipinski definition) is 3. The molecule has 4 nitrogen and oxygen atoms in total. The number of benzene rings is 1. The number of nitrogens with zero attached hydrogens (tertiary/aromatic N) is 2. The van der Waals surface area contributed by atoms with Crippen molar-refractivity contribution in [1.82, 2.24) is 14.9 Å². The Labute approximate surface area is 116 Å². The number of carbonyl (C=O) groups is 1. The molecule has 1 aliphatic rings. The van der Waals surface area contributed by atoms with E-state index in [0.29, 0.717) is 6.54 Å². The SMILES string of the molecule is CC(=O)NCc1c(-c2ccccc2)nc2n1CCS2. The van der Waals surface area contributed by atoms with Crippen molar-refractivity contribution in [2.24, 2.45) is 0 Å². The molecule has 2 heterocycles. The van der Waals surface area contributed by atoms with Crippen molar-refractivity contribution in [2.45, 2.75) is 25.2 Å². The molecule has 0 bridgehead atoms. The summed E-state index contributed by atoms with van der Waals surface area (Å²) < 4.78 is 2.21. The Balaban J connectivity index is 2.02. The van der Waals surface area contributed by atoms with E-state index in [1.807, 2.05) is 18.2 Å². The Bertz CT molecular complexity index is 607. The van der Waals surface area contributed by atoms with Crippen LogP contribution in [0.2, 0.25) is 0 Å². The summed E-state index contributed by atoms with van der Waals surface area (Å²) in [6, 6.07) is 10.1. The van der Waals surface area contributed by atoms with E-state index in [1.165, 1.54) is 6.92 Å². The summed E-state index contributed by atoms with van der Waals surface area (Å²) in [7, 11) is 0. The van der Waals surface area contributed by atoms with Crippen LogP contribution in [0.25, 0.3) is 11.3 Å². The zero-order valence-corrected chi connectivity index (χ0v) is 11.5. The van der Waals surface area contributed by atoms with E-state index in [4.69, 9.17) is 4.98 Å². The van der Waals surface area contributed by atoms with Gasteiger partial charge in [-0.3, -0.25) is 4.79 Å². The monoisotopic (exact) mass is 273 g/mol. The van der Waals surface area contributed by atoms with Crippen molar-refractivity contribution in [1.29, 1.82) is 0 Å². The maximum atomic E-state index is 11.1. The standard InChI is InChI=1S/C14H15N3OS/c1-10(18)15-9-12-13(11-5-3-2-4-6-11)16-14-17(12)7-8-19-14/h2-6H,7-9H2,1H3,(H,15,18). The third-order valence-corrected chi connectivity index (χ3v) is 4.09. The van der Waals surface area contributed by atoms with Gasteiger partial charge in [-0.15, -0.1) is 0 Å². The first-order chi connectivity index (χ1) is 9.25. The normalized spacial score (nSPS) is 13.3. The first kappa shape index (κ1) is 12.3. The van der Waals surface area contributed by atoms with Crippen LogP contribution in [0.5, 0.6) is 0 Å². The molecule has 98 valence electrons. The van der Waals surface area contributed by atoms with Crippen LogP contribution in [0, 0.1) is 0 Å². The Hall–Kier alpha value is -1.75. The first-order valence-corrected chi connectivity index (χ1v) is 7.26. The predicted octanol–water partition coefficient (Wildman–Crippen LogP) is 2.29. The highest BCUT2D eigenvalue weighted by Gasteiger charge is 2.22. The van der Waals surface area contributed by atoms with Gasteiger partial charge in [0.2, 0.25) is 5.91 Å². The molecule has 1 amide bonds. The van der Waals surface area contributed by atoms with Crippen LogP contribution in [-0.2, 0) is 17.9 Å². The van der Waals surface area contributed by atoms with Gasteiger partial charge in [-0.05, 0) is 0 Å². The molecule has 1 N–H and O–H groups in total. The van der Waals surface area contributed by atoms with Crippen molar-refractivity contribution >= 4 is 17.7 Å². The fourth-order valence-electron chi connectivity index (χ4n) is 2.25. The average Bonchev–Trinajstić information content (AvgIpc) is 2.98. The molecule has 19 heavy (non-hydrogen) atoms. The number of carbonyl (C=O) groups excluding carboxylic acids is 1. The zero-order chi connectivity index (χ0) is 13.2. The second kappa shape index (κ2) is 5.09. The van der Waals surface area contributed by atoms with E-state index in [0.717, 1.165) is 34.4 Å². The van der Waals surface area contributed by atoms with Crippen molar-refractivity contribution < 1.29 is 4.79 Å². The smallest absolute Gasteiger partial charge is 0.217 e. The van der Waals surface area contributed by atoms with Gasteiger partial charge < -0.3 is 9.88 Å². The lowest BCUT2D eigenvalue weighted by Gasteiger charge is -2.08. The molecule has 0 aliphatic carbocycles. The van der Waals surface area contributed by atoms with Crippen molar-refractivity contribution in [2.75, 3.05) is 5.75 Å². The second-order valence-electron chi connectivity index (χ2n) is 4.47. The molecular formula is C14H15N3OS. The quantitative estimate of drug-likeness (QED) is 0.933. The highest BCUT2D eigenvalue weighted by Crippen LogP contribution is 2.32. The number of hydrogen-bond donors (Lipinski definition) is 1. The minimum Gasteiger partial charge on any atom is -0.351 e. The van der Waals surface area contributed by atoms with Crippen LogP contribution >= 0.6 is 11.8 Å². The lowest BCUT2D eigenvalue weighted by Crippen LogP contribution is -2.21. The number of imidazole rings is 1. The molecule has 0 unspecified atom stereocenters. The van der Waals surface area contributed by atoms with Gasteiger partial charge in [0, 0.05) is 24.8 Å². The van der Waals surface area contributed by atoms with E-state index in [1.54, 1.807) is 11.8 Å². The van der Waals surface area contributed by atoms with Gasteiger partial charge >= 0.3 is 0 Å². The van der Waals surface area contributed by atoms with Crippen molar-refractivity contribution in [3.05, 3.63) is 36.0 Å². The third kappa shape index (κ3) is 2.38. The summed E-state index contributed by atoms with van der Waals surface area (Å²) in [5.41, 5.74) is 3.18.